The second-order valence-corrected chi connectivity index (χ2v) is 10.0. The molecule has 0 unspecified atom stereocenters. The van der Waals surface area contributed by atoms with Crippen molar-refractivity contribution in [3.63, 3.8) is 0 Å². The van der Waals surface area contributed by atoms with Gasteiger partial charge in [-0.2, -0.15) is 0 Å². The first-order valence-corrected chi connectivity index (χ1v) is 13.6. The molecule has 0 saturated heterocycles. The van der Waals surface area contributed by atoms with E-state index in [1.807, 2.05) is 36.4 Å². The zero-order valence-electron chi connectivity index (χ0n) is 21.8. The summed E-state index contributed by atoms with van der Waals surface area (Å²) >= 11 is 6.16. The second-order valence-electron chi connectivity index (χ2n) is 9.64. The number of aromatic nitrogens is 2. The number of ether oxygens (including phenoxy) is 1. The maximum atomic E-state index is 12.2. The van der Waals surface area contributed by atoms with Gasteiger partial charge in [0.1, 0.15) is 18.2 Å². The fourth-order valence-corrected chi connectivity index (χ4v) is 4.79. The minimum absolute atomic E-state index is 0.00827. The molecule has 0 aliphatic heterocycles. The first kappa shape index (κ1) is 26.7. The fourth-order valence-electron chi connectivity index (χ4n) is 4.59. The molecule has 5 nitrogen and oxygen atoms in total. The molecular formula is C31H36ClN3O2. The Balaban J connectivity index is 1.26. The number of hydrogen-bond acceptors (Lipinski definition) is 3. The standard InChI is InChI=1S/C31H36ClN3O2/c1-23(2)25-13-6-10-17-29(25)37-21-20-35-28-16-9-8-15-27(28)34-30(35)18-4-3-11-19-33-31(36)22-24-12-5-7-14-26(24)32/h5-10,12-17,23H,3-4,11,18-22H2,1-2H3,(H,33,36). The molecule has 6 heteroatoms. The van der Waals surface area contributed by atoms with E-state index >= 15 is 0 Å². The summed E-state index contributed by atoms with van der Waals surface area (Å²) in [4.78, 5) is 17.1. The maximum Gasteiger partial charge on any atom is 0.224 e. The first-order valence-electron chi connectivity index (χ1n) is 13.2. The van der Waals surface area contributed by atoms with Crippen molar-refractivity contribution in [3.05, 3.63) is 94.8 Å². The molecule has 0 saturated carbocycles. The molecular weight excluding hydrogens is 482 g/mol. The summed E-state index contributed by atoms with van der Waals surface area (Å²) in [7, 11) is 0. The monoisotopic (exact) mass is 517 g/mol. The highest BCUT2D eigenvalue weighted by Crippen LogP contribution is 2.26. The molecule has 1 heterocycles. The van der Waals surface area contributed by atoms with Crippen LogP contribution < -0.4 is 10.1 Å². The van der Waals surface area contributed by atoms with Crippen molar-refractivity contribution in [1.82, 2.24) is 14.9 Å². The molecule has 0 aliphatic rings. The van der Waals surface area contributed by atoms with Crippen molar-refractivity contribution < 1.29 is 9.53 Å². The Morgan fingerprint density at radius 3 is 2.57 bits per heavy atom. The molecule has 0 spiro atoms. The summed E-state index contributed by atoms with van der Waals surface area (Å²) in [6.45, 7) is 6.39. The van der Waals surface area contributed by atoms with Crippen molar-refractivity contribution in [2.45, 2.75) is 58.4 Å². The van der Waals surface area contributed by atoms with E-state index in [0.29, 0.717) is 30.5 Å². The van der Waals surface area contributed by atoms with Crippen LogP contribution in [0.5, 0.6) is 5.75 Å². The maximum absolute atomic E-state index is 12.2. The molecule has 0 fully saturated rings. The number of fused-ring (bicyclic) bond motifs is 1. The van der Waals surface area contributed by atoms with Gasteiger partial charge >= 0.3 is 0 Å². The molecule has 1 amide bonds. The third-order valence-corrected chi connectivity index (χ3v) is 6.92. The summed E-state index contributed by atoms with van der Waals surface area (Å²) in [5.74, 6) is 2.47. The van der Waals surface area contributed by atoms with Crippen LogP contribution in [0.4, 0.5) is 0 Å². The Kier molecular flexibility index (Phi) is 9.61. The van der Waals surface area contributed by atoms with Crippen molar-refractivity contribution in [1.29, 1.82) is 0 Å². The van der Waals surface area contributed by atoms with E-state index in [4.69, 9.17) is 21.3 Å². The Hall–Kier alpha value is -3.31. The van der Waals surface area contributed by atoms with Crippen LogP contribution in [0.2, 0.25) is 5.02 Å². The third-order valence-electron chi connectivity index (χ3n) is 6.56. The molecule has 4 rings (SSSR count). The summed E-state index contributed by atoms with van der Waals surface area (Å²) in [6, 6.07) is 24.0. The number of imidazole rings is 1. The van der Waals surface area contributed by atoms with Gasteiger partial charge in [0.15, 0.2) is 0 Å². The van der Waals surface area contributed by atoms with E-state index in [0.717, 1.165) is 60.4 Å². The van der Waals surface area contributed by atoms with E-state index in [1.165, 1.54) is 5.56 Å². The van der Waals surface area contributed by atoms with Crippen LogP contribution in [-0.4, -0.2) is 28.6 Å². The first-order chi connectivity index (χ1) is 18.0. The highest BCUT2D eigenvalue weighted by Gasteiger charge is 2.12. The Labute approximate surface area is 224 Å². The minimum Gasteiger partial charge on any atom is -0.491 e. The molecule has 0 atom stereocenters. The Morgan fingerprint density at radius 1 is 0.973 bits per heavy atom. The number of nitrogens with zero attached hydrogens (tertiary/aromatic N) is 2. The second kappa shape index (κ2) is 13.3. The number of nitrogens with one attached hydrogen (secondary N) is 1. The van der Waals surface area contributed by atoms with E-state index in [-0.39, 0.29) is 5.91 Å². The molecule has 37 heavy (non-hydrogen) atoms. The highest BCUT2D eigenvalue weighted by molar-refractivity contribution is 6.31. The fraction of sp³-hybridized carbons (Fsp3) is 0.355. The molecule has 0 aliphatic carbocycles. The van der Waals surface area contributed by atoms with Crippen LogP contribution in [0.3, 0.4) is 0 Å². The van der Waals surface area contributed by atoms with Crippen molar-refractivity contribution in [3.8, 4) is 5.75 Å². The lowest BCUT2D eigenvalue weighted by molar-refractivity contribution is -0.120. The smallest absolute Gasteiger partial charge is 0.224 e. The molecule has 3 aromatic carbocycles. The lowest BCUT2D eigenvalue weighted by Gasteiger charge is -2.15. The quantitative estimate of drug-likeness (QED) is 0.195. The number of carbonyl (C=O) groups is 1. The van der Waals surface area contributed by atoms with Crippen LogP contribution in [0.15, 0.2) is 72.8 Å². The van der Waals surface area contributed by atoms with Crippen molar-refractivity contribution in [2.24, 2.45) is 0 Å². The predicted octanol–water partition coefficient (Wildman–Crippen LogP) is 6.96. The van der Waals surface area contributed by atoms with Crippen molar-refractivity contribution >= 4 is 28.5 Å². The zero-order chi connectivity index (χ0) is 26.0. The number of hydrogen-bond donors (Lipinski definition) is 1. The number of benzene rings is 3. The van der Waals surface area contributed by atoms with Gasteiger partial charge in [-0.1, -0.05) is 80.4 Å². The van der Waals surface area contributed by atoms with Gasteiger partial charge in [-0.3, -0.25) is 4.79 Å². The van der Waals surface area contributed by atoms with Gasteiger partial charge < -0.3 is 14.6 Å². The highest BCUT2D eigenvalue weighted by atomic mass is 35.5. The molecule has 0 bridgehead atoms. The van der Waals surface area contributed by atoms with Gasteiger partial charge in [0.05, 0.1) is 24.0 Å². The Bertz CT molecular complexity index is 1310. The van der Waals surface area contributed by atoms with E-state index < -0.39 is 0 Å². The van der Waals surface area contributed by atoms with Crippen LogP contribution in [0.25, 0.3) is 11.0 Å². The number of amides is 1. The zero-order valence-corrected chi connectivity index (χ0v) is 22.5. The van der Waals surface area contributed by atoms with Gasteiger partial charge in [-0.15, -0.1) is 0 Å². The summed E-state index contributed by atoms with van der Waals surface area (Å²) < 4.78 is 8.50. The van der Waals surface area contributed by atoms with Gasteiger partial charge in [0.25, 0.3) is 0 Å². The van der Waals surface area contributed by atoms with Gasteiger partial charge in [0.2, 0.25) is 5.91 Å². The summed E-state index contributed by atoms with van der Waals surface area (Å²) in [5, 5.41) is 3.65. The van der Waals surface area contributed by atoms with Gasteiger partial charge in [-0.25, -0.2) is 4.98 Å². The van der Waals surface area contributed by atoms with Crippen LogP contribution in [-0.2, 0) is 24.2 Å². The number of halogens is 1. The largest absolute Gasteiger partial charge is 0.491 e. The summed E-state index contributed by atoms with van der Waals surface area (Å²) in [6.07, 6.45) is 4.18. The van der Waals surface area contributed by atoms with Gasteiger partial charge in [-0.05, 0) is 54.2 Å². The number of carbonyl (C=O) groups excluding carboxylic acids is 1. The molecule has 0 radical (unpaired) electrons. The van der Waals surface area contributed by atoms with Gasteiger partial charge in [0, 0.05) is 18.0 Å². The predicted molar refractivity (Wildman–Crippen MR) is 151 cm³/mol. The summed E-state index contributed by atoms with van der Waals surface area (Å²) in [5.41, 5.74) is 4.26. The van der Waals surface area contributed by atoms with Crippen LogP contribution >= 0.6 is 11.6 Å². The number of para-hydroxylation sites is 3. The molecule has 1 N–H and O–H groups in total. The van der Waals surface area contributed by atoms with Crippen LogP contribution in [0, 0.1) is 0 Å². The lowest BCUT2D eigenvalue weighted by atomic mass is 10.0. The third kappa shape index (κ3) is 7.36. The van der Waals surface area contributed by atoms with E-state index in [1.54, 1.807) is 0 Å². The number of rotatable bonds is 13. The molecule has 194 valence electrons. The minimum atomic E-state index is 0.00827. The SMILES string of the molecule is CC(C)c1ccccc1OCCn1c(CCCCCNC(=O)Cc2ccccc2Cl)nc2ccccc21. The number of unbranched alkanes of at least 4 members (excludes halogenated alkanes) is 2. The topological polar surface area (TPSA) is 56.1 Å². The number of aryl methyl sites for hydroxylation is 1. The lowest BCUT2D eigenvalue weighted by Crippen LogP contribution is -2.26. The van der Waals surface area contributed by atoms with E-state index in [2.05, 4.69) is 60.1 Å². The average Bonchev–Trinajstić information content (AvgIpc) is 3.25. The normalized spacial score (nSPS) is 11.2. The molecule has 4 aromatic rings. The average molecular weight is 518 g/mol. The molecule has 1 aromatic heterocycles. The Morgan fingerprint density at radius 2 is 1.73 bits per heavy atom. The van der Waals surface area contributed by atoms with Crippen molar-refractivity contribution in [2.75, 3.05) is 13.2 Å². The van der Waals surface area contributed by atoms with Crippen LogP contribution in [0.1, 0.15) is 56.0 Å². The van der Waals surface area contributed by atoms with E-state index in [9.17, 15) is 4.79 Å².